The molecule has 0 fully saturated rings. The average Bonchev–Trinajstić information content (AvgIpc) is 3.25. The number of hydrogen-bond donors (Lipinski definition) is 0. The lowest BCUT2D eigenvalue weighted by atomic mass is 10.1. The average molecular weight is 397 g/mol. The Kier molecular flexibility index (Phi) is 4.52. The van der Waals surface area contributed by atoms with Gasteiger partial charge in [0, 0.05) is 25.8 Å². The lowest BCUT2D eigenvalue weighted by molar-refractivity contribution is -0.143. The fraction of sp³-hybridized carbons (Fsp3) is 0.400. The van der Waals surface area contributed by atoms with Crippen LogP contribution in [0.5, 0.6) is 0 Å². The highest BCUT2D eigenvalue weighted by molar-refractivity contribution is 5.79. The Bertz CT molecular complexity index is 1250. The van der Waals surface area contributed by atoms with Gasteiger partial charge in [-0.15, -0.1) is 0 Å². The lowest BCUT2D eigenvalue weighted by Gasteiger charge is -2.19. The van der Waals surface area contributed by atoms with Crippen LogP contribution >= 0.6 is 0 Å². The van der Waals surface area contributed by atoms with E-state index in [-0.39, 0.29) is 6.61 Å². The van der Waals surface area contributed by atoms with Gasteiger partial charge in [0.25, 0.3) is 5.56 Å². The molecule has 1 aliphatic rings. The molecule has 3 heterocycles. The van der Waals surface area contributed by atoms with E-state index in [0.717, 1.165) is 15.8 Å². The van der Waals surface area contributed by atoms with Crippen LogP contribution in [0, 0.1) is 13.8 Å². The third-order valence-corrected chi connectivity index (χ3v) is 5.46. The largest absolute Gasteiger partial charge is 0.465 e. The Morgan fingerprint density at radius 2 is 1.97 bits per heavy atom. The van der Waals surface area contributed by atoms with Crippen molar-refractivity contribution >= 4 is 28.8 Å². The fourth-order valence-electron chi connectivity index (χ4n) is 3.81. The standard InChI is InChI=1S/C20H23N5O4/c1-5-29-15(26)11-25-18(27)16-17(22(4)20(25)28)21-19-23(9-10-24(16)19)14-8-6-7-12(2)13(14)3/h6-8H,5,9-11H2,1-4H3. The quantitative estimate of drug-likeness (QED) is 0.615. The molecule has 0 saturated heterocycles. The molecule has 4 rings (SSSR count). The molecule has 0 atom stereocenters. The fourth-order valence-corrected chi connectivity index (χ4v) is 3.81. The Hall–Kier alpha value is -3.36. The lowest BCUT2D eigenvalue weighted by Crippen LogP contribution is -2.41. The SMILES string of the molecule is CCOC(=O)Cn1c(=O)c2c(nc3n2CCN3c2cccc(C)c2C)n(C)c1=O. The zero-order valence-corrected chi connectivity index (χ0v) is 16.9. The minimum Gasteiger partial charge on any atom is -0.465 e. The molecule has 1 aliphatic heterocycles. The van der Waals surface area contributed by atoms with E-state index >= 15 is 0 Å². The van der Waals surface area contributed by atoms with Crippen LogP contribution in [0.4, 0.5) is 11.6 Å². The predicted molar refractivity (Wildman–Crippen MR) is 109 cm³/mol. The number of hydrogen-bond acceptors (Lipinski definition) is 6. The van der Waals surface area contributed by atoms with Crippen LogP contribution in [-0.2, 0) is 29.7 Å². The summed E-state index contributed by atoms with van der Waals surface area (Å²) in [6.07, 6.45) is 0. The van der Waals surface area contributed by atoms with Crippen molar-refractivity contribution in [2.45, 2.75) is 33.9 Å². The molecule has 0 saturated carbocycles. The van der Waals surface area contributed by atoms with Crippen LogP contribution in [-0.4, -0.2) is 37.8 Å². The molecule has 0 amide bonds. The van der Waals surface area contributed by atoms with Crippen molar-refractivity contribution in [3.8, 4) is 0 Å². The molecule has 2 aromatic heterocycles. The molecule has 152 valence electrons. The summed E-state index contributed by atoms with van der Waals surface area (Å²) in [6, 6.07) is 6.07. The number of fused-ring (bicyclic) bond motifs is 3. The Morgan fingerprint density at radius 1 is 1.21 bits per heavy atom. The molecule has 29 heavy (non-hydrogen) atoms. The number of ether oxygens (including phenoxy) is 1. The van der Waals surface area contributed by atoms with Crippen LogP contribution in [0.3, 0.4) is 0 Å². The molecule has 9 heteroatoms. The van der Waals surface area contributed by atoms with Gasteiger partial charge in [0.1, 0.15) is 6.54 Å². The third-order valence-electron chi connectivity index (χ3n) is 5.46. The molecule has 0 bridgehead atoms. The minimum atomic E-state index is -0.621. The maximum atomic E-state index is 13.1. The first-order chi connectivity index (χ1) is 13.8. The Balaban J connectivity index is 1.90. The molecule has 1 aromatic carbocycles. The van der Waals surface area contributed by atoms with Gasteiger partial charge in [-0.25, -0.2) is 9.36 Å². The van der Waals surface area contributed by atoms with Crippen molar-refractivity contribution < 1.29 is 9.53 Å². The molecular weight excluding hydrogens is 374 g/mol. The van der Waals surface area contributed by atoms with E-state index in [1.807, 2.05) is 16.7 Å². The molecule has 9 nitrogen and oxygen atoms in total. The predicted octanol–water partition coefficient (Wildman–Crippen LogP) is 1.23. The number of nitrogens with zero attached hydrogens (tertiary/aromatic N) is 5. The highest BCUT2D eigenvalue weighted by Crippen LogP contribution is 2.34. The number of benzene rings is 1. The maximum Gasteiger partial charge on any atom is 0.333 e. The summed E-state index contributed by atoms with van der Waals surface area (Å²) in [7, 11) is 1.55. The monoisotopic (exact) mass is 397 g/mol. The van der Waals surface area contributed by atoms with E-state index in [1.54, 1.807) is 14.0 Å². The summed E-state index contributed by atoms with van der Waals surface area (Å²) in [5.74, 6) is -0.00101. The zero-order chi connectivity index (χ0) is 20.9. The summed E-state index contributed by atoms with van der Waals surface area (Å²) < 4.78 is 8.94. The molecule has 3 aromatic rings. The highest BCUT2D eigenvalue weighted by Gasteiger charge is 2.29. The second kappa shape index (κ2) is 6.91. The van der Waals surface area contributed by atoms with E-state index in [2.05, 4.69) is 29.8 Å². The summed E-state index contributed by atoms with van der Waals surface area (Å²) in [5.41, 5.74) is 2.84. The highest BCUT2D eigenvalue weighted by atomic mass is 16.5. The van der Waals surface area contributed by atoms with E-state index in [4.69, 9.17) is 4.74 Å². The molecule has 0 unspecified atom stereocenters. The molecule has 0 radical (unpaired) electrons. The number of aryl methyl sites for hydroxylation is 2. The zero-order valence-electron chi connectivity index (χ0n) is 16.9. The van der Waals surface area contributed by atoms with Gasteiger partial charge in [0.05, 0.1) is 6.61 Å². The van der Waals surface area contributed by atoms with Gasteiger partial charge in [0.2, 0.25) is 5.95 Å². The second-order valence-corrected chi connectivity index (χ2v) is 7.14. The number of esters is 1. The van der Waals surface area contributed by atoms with E-state index in [9.17, 15) is 14.4 Å². The van der Waals surface area contributed by atoms with E-state index in [1.165, 1.54) is 10.1 Å². The van der Waals surface area contributed by atoms with E-state index < -0.39 is 23.8 Å². The van der Waals surface area contributed by atoms with Crippen LogP contribution in [0.1, 0.15) is 18.1 Å². The number of carbonyl (C=O) groups is 1. The van der Waals surface area contributed by atoms with Crippen LogP contribution in [0.2, 0.25) is 0 Å². The Labute approximate surface area is 166 Å². The van der Waals surface area contributed by atoms with E-state index in [0.29, 0.717) is 30.2 Å². The van der Waals surface area contributed by atoms with Gasteiger partial charge < -0.3 is 14.2 Å². The molecule has 0 N–H and O–H groups in total. The summed E-state index contributed by atoms with van der Waals surface area (Å²) >= 11 is 0. The smallest absolute Gasteiger partial charge is 0.333 e. The number of carbonyl (C=O) groups excluding carboxylic acids is 1. The number of anilines is 2. The van der Waals surface area contributed by atoms with Gasteiger partial charge in [-0.2, -0.15) is 4.98 Å². The normalized spacial score (nSPS) is 13.2. The molecular formula is C20H23N5O4. The van der Waals surface area contributed by atoms with Gasteiger partial charge in [-0.05, 0) is 38.0 Å². The summed E-state index contributed by atoms with van der Waals surface area (Å²) in [5, 5.41) is 0. The van der Waals surface area contributed by atoms with Gasteiger partial charge in [-0.1, -0.05) is 12.1 Å². The van der Waals surface area contributed by atoms with Crippen LogP contribution < -0.4 is 16.1 Å². The van der Waals surface area contributed by atoms with Crippen molar-refractivity contribution in [1.29, 1.82) is 0 Å². The van der Waals surface area contributed by atoms with Gasteiger partial charge in [-0.3, -0.25) is 14.2 Å². The summed E-state index contributed by atoms with van der Waals surface area (Å²) in [6.45, 7) is 6.77. The molecule has 0 aliphatic carbocycles. The summed E-state index contributed by atoms with van der Waals surface area (Å²) in [4.78, 5) is 44.3. The third kappa shape index (κ3) is 2.84. The molecule has 0 spiro atoms. The first-order valence-corrected chi connectivity index (χ1v) is 9.54. The number of rotatable bonds is 4. The van der Waals surface area contributed by atoms with Crippen molar-refractivity contribution in [1.82, 2.24) is 18.7 Å². The van der Waals surface area contributed by atoms with Crippen LogP contribution in [0.15, 0.2) is 27.8 Å². The maximum absolute atomic E-state index is 13.1. The van der Waals surface area contributed by atoms with Crippen molar-refractivity contribution in [3.63, 3.8) is 0 Å². The van der Waals surface area contributed by atoms with Crippen molar-refractivity contribution in [3.05, 3.63) is 50.2 Å². The second-order valence-electron chi connectivity index (χ2n) is 7.14. The topological polar surface area (TPSA) is 91.4 Å². The van der Waals surface area contributed by atoms with Crippen molar-refractivity contribution in [2.24, 2.45) is 7.05 Å². The number of aromatic nitrogens is 4. The first kappa shape index (κ1) is 19.0. The number of imidazole rings is 1. The first-order valence-electron chi connectivity index (χ1n) is 9.54. The van der Waals surface area contributed by atoms with Crippen LogP contribution in [0.25, 0.3) is 11.2 Å². The van der Waals surface area contributed by atoms with Crippen molar-refractivity contribution in [2.75, 3.05) is 18.1 Å². The van der Waals surface area contributed by atoms with Gasteiger partial charge in [0.15, 0.2) is 11.2 Å². The minimum absolute atomic E-state index is 0.184. The van der Waals surface area contributed by atoms with Gasteiger partial charge >= 0.3 is 11.7 Å². The Morgan fingerprint density at radius 3 is 2.69 bits per heavy atom.